The molecular formula is C13H13BO4. The van der Waals surface area contributed by atoms with Crippen LogP contribution in [0.3, 0.4) is 0 Å². The van der Waals surface area contributed by atoms with Crippen molar-refractivity contribution >= 4 is 13.1 Å². The second-order valence-corrected chi connectivity index (χ2v) is 3.91. The number of para-hydroxylation sites is 2. The Morgan fingerprint density at radius 2 is 1.94 bits per heavy atom. The number of aliphatic carboxylic acids is 1. The van der Waals surface area contributed by atoms with Gasteiger partial charge in [-0.05, 0) is 31.5 Å². The fraction of sp³-hybridized carbons (Fsp3) is 0.154. The molecule has 0 atom stereocenters. The van der Waals surface area contributed by atoms with Gasteiger partial charge in [-0.3, -0.25) is 0 Å². The Balaban J connectivity index is 1.86. The quantitative estimate of drug-likeness (QED) is 0.652. The van der Waals surface area contributed by atoms with Crippen LogP contribution in [0.25, 0.3) is 0 Å². The van der Waals surface area contributed by atoms with Gasteiger partial charge >= 0.3 is 13.1 Å². The van der Waals surface area contributed by atoms with Crippen LogP contribution in [0.15, 0.2) is 48.0 Å². The number of carboxylic acid groups (broad SMARTS) is 1. The first kappa shape index (κ1) is 12.3. The van der Waals surface area contributed by atoms with Gasteiger partial charge in [0.05, 0.1) is 0 Å². The number of rotatable bonds is 4. The van der Waals surface area contributed by atoms with Gasteiger partial charge in [-0.15, -0.1) is 0 Å². The molecule has 0 spiro atoms. The normalized spacial score (nSPS) is 14.3. The molecule has 4 nitrogen and oxygen atoms in total. The molecule has 1 aliphatic heterocycles. The van der Waals surface area contributed by atoms with Gasteiger partial charge in [0.25, 0.3) is 0 Å². The Kier molecular flexibility index (Phi) is 3.72. The van der Waals surface area contributed by atoms with Crippen molar-refractivity contribution in [3.05, 3.63) is 48.0 Å². The lowest BCUT2D eigenvalue weighted by Gasteiger charge is -1.97. The molecule has 0 saturated heterocycles. The molecule has 0 bridgehead atoms. The van der Waals surface area contributed by atoms with Gasteiger partial charge in [-0.2, -0.15) is 0 Å². The van der Waals surface area contributed by atoms with Gasteiger partial charge in [0.1, 0.15) is 11.5 Å². The largest absolute Gasteiger partial charge is 0.624 e. The molecule has 1 aromatic carbocycles. The molecule has 0 aromatic heterocycles. The van der Waals surface area contributed by atoms with E-state index < -0.39 is 13.1 Å². The highest BCUT2D eigenvalue weighted by molar-refractivity contribution is 6.53. The summed E-state index contributed by atoms with van der Waals surface area (Å²) in [4.78, 5) is 10.6. The molecule has 0 aliphatic carbocycles. The van der Waals surface area contributed by atoms with Gasteiger partial charge in [0, 0.05) is 5.57 Å². The van der Waals surface area contributed by atoms with Gasteiger partial charge in [0.15, 0.2) is 0 Å². The Morgan fingerprint density at radius 3 is 2.50 bits per heavy atom. The number of carboxylic acids is 1. The zero-order valence-electron chi connectivity index (χ0n) is 10.00. The first-order chi connectivity index (χ1) is 8.66. The third kappa shape index (κ3) is 2.94. The van der Waals surface area contributed by atoms with E-state index >= 15 is 0 Å². The summed E-state index contributed by atoms with van der Waals surface area (Å²) in [5, 5.41) is 8.67. The summed E-state index contributed by atoms with van der Waals surface area (Å²) in [6.45, 7) is 1.56. The molecule has 1 aliphatic rings. The van der Waals surface area contributed by atoms with Gasteiger partial charge in [-0.1, -0.05) is 24.3 Å². The summed E-state index contributed by atoms with van der Waals surface area (Å²) in [6.07, 6.45) is 4.00. The van der Waals surface area contributed by atoms with Gasteiger partial charge in [0.2, 0.25) is 0 Å². The Bertz CT molecular complexity index is 482. The summed E-state index contributed by atoms with van der Waals surface area (Å²) < 4.78 is 11.0. The van der Waals surface area contributed by atoms with Crippen LogP contribution in [0, 0.1) is 0 Å². The minimum absolute atomic E-state index is 0.330. The third-order valence-electron chi connectivity index (χ3n) is 2.53. The lowest BCUT2D eigenvalue weighted by atomic mass is 9.90. The first-order valence-corrected chi connectivity index (χ1v) is 5.66. The van der Waals surface area contributed by atoms with E-state index in [1.807, 2.05) is 30.3 Å². The molecule has 18 heavy (non-hydrogen) atoms. The van der Waals surface area contributed by atoms with E-state index in [9.17, 15) is 4.79 Å². The van der Waals surface area contributed by atoms with Crippen LogP contribution < -0.4 is 9.31 Å². The molecule has 0 unspecified atom stereocenters. The predicted molar refractivity (Wildman–Crippen MR) is 68.6 cm³/mol. The third-order valence-corrected chi connectivity index (χ3v) is 2.53. The van der Waals surface area contributed by atoms with Gasteiger partial charge < -0.3 is 14.4 Å². The molecule has 5 heteroatoms. The molecule has 1 heterocycles. The van der Waals surface area contributed by atoms with E-state index in [0.717, 1.165) is 11.5 Å². The molecule has 2 rings (SSSR count). The Hall–Kier alpha value is -2.17. The molecule has 0 radical (unpaired) electrons. The van der Waals surface area contributed by atoms with Crippen LogP contribution in [-0.2, 0) is 4.79 Å². The summed E-state index contributed by atoms with van der Waals surface area (Å²) in [6, 6.07) is 7.45. The summed E-state index contributed by atoms with van der Waals surface area (Å²) in [7, 11) is -0.430. The minimum Gasteiger partial charge on any atom is -0.520 e. The number of allylic oxidation sites excluding steroid dienone is 2. The van der Waals surface area contributed by atoms with Crippen molar-refractivity contribution in [1.82, 2.24) is 0 Å². The Labute approximate surface area is 106 Å². The summed E-state index contributed by atoms with van der Waals surface area (Å²) in [5.74, 6) is 2.32. The van der Waals surface area contributed by atoms with E-state index in [0.29, 0.717) is 12.0 Å². The molecule has 1 aromatic rings. The van der Waals surface area contributed by atoms with E-state index in [1.54, 1.807) is 19.0 Å². The topological polar surface area (TPSA) is 55.8 Å². The van der Waals surface area contributed by atoms with Crippen molar-refractivity contribution in [2.24, 2.45) is 0 Å². The van der Waals surface area contributed by atoms with Crippen LogP contribution in [0.4, 0.5) is 0 Å². The maximum absolute atomic E-state index is 10.6. The number of fused-ring (bicyclic) bond motifs is 1. The van der Waals surface area contributed by atoms with Crippen molar-refractivity contribution in [3.8, 4) is 11.5 Å². The van der Waals surface area contributed by atoms with E-state index in [2.05, 4.69) is 0 Å². The highest BCUT2D eigenvalue weighted by atomic mass is 16.6. The molecule has 0 amide bonds. The lowest BCUT2D eigenvalue weighted by molar-refractivity contribution is -0.132. The maximum atomic E-state index is 10.6. The van der Waals surface area contributed by atoms with E-state index in [-0.39, 0.29) is 0 Å². The van der Waals surface area contributed by atoms with Crippen LogP contribution in [0.2, 0.25) is 0 Å². The van der Waals surface area contributed by atoms with Crippen LogP contribution >= 0.6 is 0 Å². The maximum Gasteiger partial charge on any atom is 0.624 e. The van der Waals surface area contributed by atoms with Crippen molar-refractivity contribution in [2.75, 3.05) is 0 Å². The Morgan fingerprint density at radius 1 is 1.33 bits per heavy atom. The summed E-state index contributed by atoms with van der Waals surface area (Å²) in [5.41, 5.74) is 0.330. The number of benzene rings is 1. The van der Waals surface area contributed by atoms with Crippen LogP contribution in [0.1, 0.15) is 13.3 Å². The fourth-order valence-electron chi connectivity index (χ4n) is 1.52. The van der Waals surface area contributed by atoms with Crippen molar-refractivity contribution in [2.45, 2.75) is 13.3 Å². The molecular weight excluding hydrogens is 231 g/mol. The lowest BCUT2D eigenvalue weighted by Crippen LogP contribution is -2.21. The van der Waals surface area contributed by atoms with Crippen LogP contribution in [-0.4, -0.2) is 18.2 Å². The number of hydrogen-bond acceptors (Lipinski definition) is 3. The standard InChI is InChI=1S/C13H13BO4/c1-10(13(15)16)6-4-5-9-14-17-11-7-2-3-8-12(11)18-14/h2-3,5-9H,4H2,1H3,(H,15,16)/b9-5+,10-6+. The second-order valence-electron chi connectivity index (χ2n) is 3.91. The van der Waals surface area contributed by atoms with Crippen molar-refractivity contribution < 1.29 is 19.2 Å². The fourth-order valence-corrected chi connectivity index (χ4v) is 1.52. The second kappa shape index (κ2) is 5.45. The molecule has 1 N–H and O–H groups in total. The molecule has 0 fully saturated rings. The summed E-state index contributed by atoms with van der Waals surface area (Å²) >= 11 is 0. The van der Waals surface area contributed by atoms with Crippen molar-refractivity contribution in [1.29, 1.82) is 0 Å². The number of carbonyl (C=O) groups is 1. The highest BCUT2D eigenvalue weighted by Crippen LogP contribution is 2.32. The zero-order valence-corrected chi connectivity index (χ0v) is 10.00. The average molecular weight is 244 g/mol. The number of hydrogen-bond donors (Lipinski definition) is 1. The predicted octanol–water partition coefficient (Wildman–Crippen LogP) is 2.46. The van der Waals surface area contributed by atoms with E-state index in [1.165, 1.54) is 0 Å². The zero-order chi connectivity index (χ0) is 13.0. The SMILES string of the molecule is C/C(=C\C/C=C/B1Oc2ccccc2O1)C(=O)O. The monoisotopic (exact) mass is 244 g/mol. The smallest absolute Gasteiger partial charge is 0.520 e. The average Bonchev–Trinajstić information content (AvgIpc) is 2.76. The molecule has 92 valence electrons. The first-order valence-electron chi connectivity index (χ1n) is 5.66. The van der Waals surface area contributed by atoms with Crippen LogP contribution in [0.5, 0.6) is 11.5 Å². The van der Waals surface area contributed by atoms with Gasteiger partial charge in [-0.25, -0.2) is 4.79 Å². The minimum atomic E-state index is -0.899. The van der Waals surface area contributed by atoms with Crippen molar-refractivity contribution in [3.63, 3.8) is 0 Å². The highest BCUT2D eigenvalue weighted by Gasteiger charge is 2.28. The van der Waals surface area contributed by atoms with E-state index in [4.69, 9.17) is 14.4 Å². The molecule has 0 saturated carbocycles.